The van der Waals surface area contributed by atoms with Crippen LogP contribution < -0.4 is 0 Å². The molecule has 0 aliphatic carbocycles. The number of hydrogen-bond acceptors (Lipinski definition) is 2. The van der Waals surface area contributed by atoms with Crippen molar-refractivity contribution in [2.45, 2.75) is 6.42 Å². The molecule has 0 aliphatic heterocycles. The largest absolute Gasteiger partial charge is 0.465 e. The first-order valence-corrected chi connectivity index (χ1v) is 3.85. The van der Waals surface area contributed by atoms with Gasteiger partial charge in [-0.25, -0.2) is 4.79 Å². The molecule has 13 heavy (non-hydrogen) atoms. The lowest BCUT2D eigenvalue weighted by molar-refractivity contribution is -0.135. The Kier molecular flexibility index (Phi) is 5.28. The molecule has 0 saturated heterocycles. The van der Waals surface area contributed by atoms with E-state index in [4.69, 9.17) is 0 Å². The standard InChI is InChI=1S/C11H14O2/c1-5-6-9(2)7-8-10(3)11(12)13-4/h5,7-8H,1-3,6H2,4H3/b8-7-. The summed E-state index contributed by atoms with van der Waals surface area (Å²) < 4.78 is 4.46. The number of rotatable bonds is 5. The van der Waals surface area contributed by atoms with Gasteiger partial charge in [0.2, 0.25) is 0 Å². The van der Waals surface area contributed by atoms with Gasteiger partial charge in [0.25, 0.3) is 0 Å². The maximum atomic E-state index is 10.9. The summed E-state index contributed by atoms with van der Waals surface area (Å²) in [5.41, 5.74) is 1.19. The summed E-state index contributed by atoms with van der Waals surface area (Å²) in [6.07, 6.45) is 5.75. The molecule has 0 aromatic rings. The van der Waals surface area contributed by atoms with Gasteiger partial charge in [0, 0.05) is 0 Å². The Balaban J connectivity index is 4.11. The Morgan fingerprint density at radius 1 is 1.38 bits per heavy atom. The number of ether oxygens (including phenoxy) is 1. The topological polar surface area (TPSA) is 26.3 Å². The average molecular weight is 178 g/mol. The third-order valence-electron chi connectivity index (χ3n) is 1.37. The summed E-state index contributed by atoms with van der Waals surface area (Å²) in [7, 11) is 1.32. The van der Waals surface area contributed by atoms with E-state index in [9.17, 15) is 4.79 Å². The molecule has 2 heteroatoms. The monoisotopic (exact) mass is 178 g/mol. The van der Waals surface area contributed by atoms with E-state index in [-0.39, 0.29) is 0 Å². The Labute approximate surface area is 78.9 Å². The molecule has 0 bridgehead atoms. The molecule has 0 radical (unpaired) electrons. The van der Waals surface area contributed by atoms with E-state index in [1.807, 2.05) is 0 Å². The van der Waals surface area contributed by atoms with Crippen molar-refractivity contribution in [1.82, 2.24) is 0 Å². The zero-order valence-electron chi connectivity index (χ0n) is 7.88. The predicted molar refractivity (Wildman–Crippen MR) is 54.3 cm³/mol. The van der Waals surface area contributed by atoms with Crippen molar-refractivity contribution in [2.24, 2.45) is 0 Å². The lowest BCUT2D eigenvalue weighted by atomic mass is 10.1. The van der Waals surface area contributed by atoms with Gasteiger partial charge in [-0.05, 0) is 12.5 Å². The van der Waals surface area contributed by atoms with Crippen LogP contribution in [0.4, 0.5) is 0 Å². The van der Waals surface area contributed by atoms with E-state index in [1.54, 1.807) is 18.2 Å². The molecule has 0 amide bonds. The maximum Gasteiger partial charge on any atom is 0.337 e. The first-order valence-electron chi connectivity index (χ1n) is 3.85. The fourth-order valence-corrected chi connectivity index (χ4v) is 0.671. The zero-order chi connectivity index (χ0) is 10.3. The minimum Gasteiger partial charge on any atom is -0.465 e. The van der Waals surface area contributed by atoms with Gasteiger partial charge in [0.1, 0.15) is 0 Å². The Morgan fingerprint density at radius 3 is 2.46 bits per heavy atom. The SMILES string of the molecule is C=CCC(=C)/C=C\C(=C)C(=O)OC. The number of esters is 1. The van der Waals surface area contributed by atoms with Crippen molar-refractivity contribution >= 4 is 5.97 Å². The summed E-state index contributed by atoms with van der Waals surface area (Å²) in [5.74, 6) is -0.428. The average Bonchev–Trinajstić information content (AvgIpc) is 2.13. The van der Waals surface area contributed by atoms with Gasteiger partial charge in [-0.2, -0.15) is 0 Å². The molecule has 0 spiro atoms. The lowest BCUT2D eigenvalue weighted by Gasteiger charge is -1.96. The van der Waals surface area contributed by atoms with Crippen LogP contribution in [0.15, 0.2) is 49.1 Å². The van der Waals surface area contributed by atoms with Gasteiger partial charge < -0.3 is 4.74 Å². The minimum absolute atomic E-state index is 0.313. The van der Waals surface area contributed by atoms with Crippen molar-refractivity contribution in [1.29, 1.82) is 0 Å². The van der Waals surface area contributed by atoms with Crippen LogP contribution in [0, 0.1) is 0 Å². The van der Waals surface area contributed by atoms with E-state index in [0.29, 0.717) is 12.0 Å². The molecule has 70 valence electrons. The van der Waals surface area contributed by atoms with E-state index in [0.717, 1.165) is 5.57 Å². The van der Waals surface area contributed by atoms with Crippen LogP contribution in [0.2, 0.25) is 0 Å². The van der Waals surface area contributed by atoms with Gasteiger partial charge in [0.15, 0.2) is 0 Å². The van der Waals surface area contributed by atoms with Crippen LogP contribution >= 0.6 is 0 Å². The molecule has 0 heterocycles. The van der Waals surface area contributed by atoms with Crippen molar-refractivity contribution in [3.63, 3.8) is 0 Å². The molecule has 0 saturated carbocycles. The summed E-state index contributed by atoms with van der Waals surface area (Å²) in [4.78, 5) is 10.9. The molecular weight excluding hydrogens is 164 g/mol. The van der Waals surface area contributed by atoms with Gasteiger partial charge in [0.05, 0.1) is 12.7 Å². The lowest BCUT2D eigenvalue weighted by Crippen LogP contribution is -2.00. The second-order valence-electron chi connectivity index (χ2n) is 2.50. The third kappa shape index (κ3) is 4.80. The number of carbonyl (C=O) groups is 1. The Hall–Kier alpha value is -1.57. The highest BCUT2D eigenvalue weighted by molar-refractivity contribution is 5.90. The smallest absolute Gasteiger partial charge is 0.337 e. The van der Waals surface area contributed by atoms with Gasteiger partial charge in [-0.3, -0.25) is 0 Å². The summed E-state index contributed by atoms with van der Waals surface area (Å²) in [6, 6.07) is 0. The van der Waals surface area contributed by atoms with Crippen molar-refractivity contribution in [3.05, 3.63) is 49.1 Å². The van der Waals surface area contributed by atoms with Crippen LogP contribution in [0.25, 0.3) is 0 Å². The second kappa shape index (κ2) is 6.00. The molecule has 0 atom stereocenters. The van der Waals surface area contributed by atoms with Gasteiger partial charge >= 0.3 is 5.97 Å². The molecular formula is C11H14O2. The molecule has 0 N–H and O–H groups in total. The molecule has 0 aromatic carbocycles. The highest BCUT2D eigenvalue weighted by atomic mass is 16.5. The highest BCUT2D eigenvalue weighted by Gasteiger charge is 2.00. The van der Waals surface area contributed by atoms with Crippen LogP contribution in [-0.2, 0) is 9.53 Å². The van der Waals surface area contributed by atoms with Crippen LogP contribution in [0.5, 0.6) is 0 Å². The van der Waals surface area contributed by atoms with Gasteiger partial charge in [-0.15, -0.1) is 6.58 Å². The van der Waals surface area contributed by atoms with Gasteiger partial charge in [-0.1, -0.05) is 30.9 Å². The third-order valence-corrected chi connectivity index (χ3v) is 1.37. The molecule has 0 rings (SSSR count). The quantitative estimate of drug-likeness (QED) is 0.280. The summed E-state index contributed by atoms with van der Waals surface area (Å²) in [6.45, 7) is 10.8. The zero-order valence-corrected chi connectivity index (χ0v) is 7.88. The molecule has 0 unspecified atom stereocenters. The van der Waals surface area contributed by atoms with Crippen LogP contribution in [0.3, 0.4) is 0 Å². The minimum atomic E-state index is -0.428. The molecule has 0 fully saturated rings. The normalized spacial score (nSPS) is 9.62. The van der Waals surface area contributed by atoms with Crippen molar-refractivity contribution in [2.75, 3.05) is 7.11 Å². The molecule has 0 aliphatic rings. The van der Waals surface area contributed by atoms with Crippen molar-refractivity contribution < 1.29 is 9.53 Å². The van der Waals surface area contributed by atoms with Crippen molar-refractivity contribution in [3.8, 4) is 0 Å². The Morgan fingerprint density at radius 2 is 2.00 bits per heavy atom. The van der Waals surface area contributed by atoms with Crippen LogP contribution in [0.1, 0.15) is 6.42 Å². The highest BCUT2D eigenvalue weighted by Crippen LogP contribution is 2.03. The predicted octanol–water partition coefficient (Wildman–Crippen LogP) is 2.40. The summed E-state index contributed by atoms with van der Waals surface area (Å²) >= 11 is 0. The number of carbonyl (C=O) groups excluding carboxylic acids is 1. The number of hydrogen-bond donors (Lipinski definition) is 0. The molecule has 2 nitrogen and oxygen atoms in total. The first kappa shape index (κ1) is 11.4. The van der Waals surface area contributed by atoms with Crippen LogP contribution in [-0.4, -0.2) is 13.1 Å². The Bertz CT molecular complexity index is 259. The molecule has 0 aromatic heterocycles. The second-order valence-corrected chi connectivity index (χ2v) is 2.50. The van der Waals surface area contributed by atoms with E-state index < -0.39 is 5.97 Å². The maximum absolute atomic E-state index is 10.9. The fourth-order valence-electron chi connectivity index (χ4n) is 0.671. The van der Waals surface area contributed by atoms with E-state index >= 15 is 0 Å². The first-order chi connectivity index (χ1) is 6.11. The summed E-state index contributed by atoms with van der Waals surface area (Å²) in [5, 5.41) is 0. The number of methoxy groups -OCH3 is 1. The van der Waals surface area contributed by atoms with E-state index in [1.165, 1.54) is 7.11 Å². The van der Waals surface area contributed by atoms with E-state index in [2.05, 4.69) is 24.5 Å². The fraction of sp³-hybridized carbons (Fsp3) is 0.182. The number of allylic oxidation sites excluding steroid dienone is 3.